The Morgan fingerprint density at radius 1 is 1.44 bits per heavy atom. The summed E-state index contributed by atoms with van der Waals surface area (Å²) >= 11 is 4.90. The van der Waals surface area contributed by atoms with Gasteiger partial charge in [-0.05, 0) is 28.1 Å². The van der Waals surface area contributed by atoms with Crippen LogP contribution in [0.5, 0.6) is 0 Å². The van der Waals surface area contributed by atoms with E-state index in [0.29, 0.717) is 10.0 Å². The molecule has 5 heteroatoms. The smallest absolute Gasteiger partial charge is 0.125 e. The van der Waals surface area contributed by atoms with Gasteiger partial charge >= 0.3 is 0 Å². The van der Waals surface area contributed by atoms with E-state index in [1.165, 1.54) is 18.3 Å². The van der Waals surface area contributed by atoms with E-state index in [9.17, 15) is 4.39 Å². The Hall–Kier alpha value is -0.550. The minimum atomic E-state index is -0.361. The van der Waals surface area contributed by atoms with Gasteiger partial charge < -0.3 is 5.21 Å². The van der Waals surface area contributed by atoms with Gasteiger partial charge in [0, 0.05) is 19.7 Å². The zero-order valence-electron chi connectivity index (χ0n) is 9.29. The molecule has 2 nitrogen and oxygen atoms in total. The molecule has 1 aromatic rings. The highest BCUT2D eigenvalue weighted by Gasteiger charge is 2.17. The maximum Gasteiger partial charge on any atom is 0.125 e. The minimum absolute atomic E-state index is 0.00159. The summed E-state index contributed by atoms with van der Waals surface area (Å²) in [5.41, 5.74) is 0.564. The first kappa shape index (κ1) is 13.5. The molecule has 0 aliphatic rings. The number of hydrogen-bond acceptors (Lipinski definition) is 3. The molecule has 0 unspecified atom stereocenters. The second-order valence-corrected chi connectivity index (χ2v) is 6.96. The molecular weight excluding hydrogens is 293 g/mol. The van der Waals surface area contributed by atoms with Crippen molar-refractivity contribution in [2.24, 2.45) is 5.16 Å². The Morgan fingerprint density at radius 3 is 2.56 bits per heavy atom. The summed E-state index contributed by atoms with van der Waals surface area (Å²) in [5.74, 6) is -0.361. The van der Waals surface area contributed by atoms with E-state index in [1.807, 2.05) is 0 Å². The maximum atomic E-state index is 13.2. The van der Waals surface area contributed by atoms with E-state index < -0.39 is 0 Å². The molecule has 88 valence electrons. The number of halogens is 2. The van der Waals surface area contributed by atoms with Crippen LogP contribution in [0.1, 0.15) is 26.3 Å². The third kappa shape index (κ3) is 3.79. The Balaban J connectivity index is 3.24. The summed E-state index contributed by atoms with van der Waals surface area (Å²) in [4.78, 5) is 0.867. The Labute approximate surface area is 107 Å². The molecule has 0 aromatic heterocycles. The lowest BCUT2D eigenvalue weighted by molar-refractivity contribution is 0.321. The summed E-state index contributed by atoms with van der Waals surface area (Å²) in [6.45, 7) is 6.19. The summed E-state index contributed by atoms with van der Waals surface area (Å²) in [7, 11) is 0. The number of thioether (sulfide) groups is 1. The molecule has 0 spiro atoms. The highest BCUT2D eigenvalue weighted by molar-refractivity contribution is 9.10. The lowest BCUT2D eigenvalue weighted by Gasteiger charge is -2.20. The van der Waals surface area contributed by atoms with Gasteiger partial charge in [-0.2, -0.15) is 0 Å². The van der Waals surface area contributed by atoms with Crippen molar-refractivity contribution in [2.45, 2.75) is 30.4 Å². The number of oxime groups is 1. The highest BCUT2D eigenvalue weighted by atomic mass is 79.9. The molecule has 0 heterocycles. The van der Waals surface area contributed by atoms with Crippen molar-refractivity contribution in [3.05, 3.63) is 28.0 Å². The average Bonchev–Trinajstić information content (AvgIpc) is 2.10. The molecule has 0 atom stereocenters. The van der Waals surface area contributed by atoms with Gasteiger partial charge in [0.15, 0.2) is 0 Å². The molecule has 1 aromatic carbocycles. The van der Waals surface area contributed by atoms with Crippen molar-refractivity contribution >= 4 is 33.9 Å². The van der Waals surface area contributed by atoms with Crippen LogP contribution < -0.4 is 0 Å². The lowest BCUT2D eigenvalue weighted by Crippen LogP contribution is -2.08. The van der Waals surface area contributed by atoms with Crippen LogP contribution in [0.3, 0.4) is 0 Å². The van der Waals surface area contributed by atoms with E-state index in [2.05, 4.69) is 41.9 Å². The van der Waals surface area contributed by atoms with E-state index >= 15 is 0 Å². The molecular formula is C11H13BrFNOS. The van der Waals surface area contributed by atoms with E-state index in [1.54, 1.807) is 11.8 Å². The van der Waals surface area contributed by atoms with Gasteiger partial charge in [-0.3, -0.25) is 0 Å². The van der Waals surface area contributed by atoms with Gasteiger partial charge in [0.2, 0.25) is 0 Å². The van der Waals surface area contributed by atoms with Gasteiger partial charge in [-0.1, -0.05) is 25.9 Å². The predicted molar refractivity (Wildman–Crippen MR) is 69.1 cm³/mol. The average molecular weight is 306 g/mol. The molecule has 0 fully saturated rings. The Bertz CT molecular complexity index is 415. The van der Waals surface area contributed by atoms with E-state index in [4.69, 9.17) is 5.21 Å². The Kier molecular flexibility index (Phi) is 4.38. The van der Waals surface area contributed by atoms with Crippen molar-refractivity contribution in [2.75, 3.05) is 0 Å². The molecule has 0 saturated heterocycles. The van der Waals surface area contributed by atoms with Crippen LogP contribution in [-0.2, 0) is 0 Å². The van der Waals surface area contributed by atoms with Crippen molar-refractivity contribution in [1.29, 1.82) is 0 Å². The number of rotatable bonds is 2. The molecule has 0 bridgehead atoms. The fourth-order valence-electron chi connectivity index (χ4n) is 1.15. The van der Waals surface area contributed by atoms with Crippen LogP contribution in [0.15, 0.2) is 26.7 Å². The fraction of sp³-hybridized carbons (Fsp3) is 0.364. The van der Waals surface area contributed by atoms with Crippen LogP contribution in [0.2, 0.25) is 0 Å². The molecule has 1 N–H and O–H groups in total. The number of nitrogens with zero attached hydrogens (tertiary/aromatic N) is 1. The molecule has 0 radical (unpaired) electrons. The first-order valence-electron chi connectivity index (χ1n) is 4.69. The van der Waals surface area contributed by atoms with Crippen LogP contribution in [-0.4, -0.2) is 16.2 Å². The standard InChI is InChI=1S/C11H13BrFNOS/c1-11(2,3)16-10-7(6-14-15)4-8(13)5-9(10)12/h4-6,15H,1-3H3/b14-6+. The predicted octanol–water partition coefficient (Wildman–Crippen LogP) is 4.29. The summed E-state index contributed by atoms with van der Waals surface area (Å²) in [6.07, 6.45) is 1.24. The summed E-state index contributed by atoms with van der Waals surface area (Å²) < 4.78 is 13.8. The maximum absolute atomic E-state index is 13.2. The SMILES string of the molecule is CC(C)(C)Sc1c(Br)cc(F)cc1/C=N/O. The third-order valence-corrected chi connectivity index (χ3v) is 3.80. The summed E-state index contributed by atoms with van der Waals surface area (Å²) in [6, 6.07) is 2.75. The molecule has 16 heavy (non-hydrogen) atoms. The van der Waals surface area contributed by atoms with Crippen LogP contribution in [0.25, 0.3) is 0 Å². The van der Waals surface area contributed by atoms with Crippen LogP contribution in [0, 0.1) is 5.82 Å². The first-order valence-corrected chi connectivity index (χ1v) is 6.30. The van der Waals surface area contributed by atoms with Crippen molar-refractivity contribution in [3.63, 3.8) is 0 Å². The van der Waals surface area contributed by atoms with Gasteiger partial charge in [0.25, 0.3) is 0 Å². The van der Waals surface area contributed by atoms with Gasteiger partial charge in [0.05, 0.1) is 6.21 Å². The van der Waals surface area contributed by atoms with E-state index in [0.717, 1.165) is 4.90 Å². The van der Waals surface area contributed by atoms with Crippen molar-refractivity contribution in [1.82, 2.24) is 0 Å². The van der Waals surface area contributed by atoms with Gasteiger partial charge in [-0.15, -0.1) is 11.8 Å². The van der Waals surface area contributed by atoms with Crippen molar-refractivity contribution in [3.8, 4) is 0 Å². The number of hydrogen-bond donors (Lipinski definition) is 1. The summed E-state index contributed by atoms with van der Waals surface area (Å²) in [5, 5.41) is 11.5. The Morgan fingerprint density at radius 2 is 2.06 bits per heavy atom. The van der Waals surface area contributed by atoms with Crippen molar-refractivity contribution < 1.29 is 9.60 Å². The molecule has 0 aliphatic heterocycles. The molecule has 0 amide bonds. The minimum Gasteiger partial charge on any atom is -0.411 e. The second-order valence-electron chi connectivity index (χ2n) is 4.26. The fourth-order valence-corrected chi connectivity index (χ4v) is 2.84. The van der Waals surface area contributed by atoms with Crippen LogP contribution >= 0.6 is 27.7 Å². The van der Waals surface area contributed by atoms with Crippen LogP contribution in [0.4, 0.5) is 4.39 Å². The largest absolute Gasteiger partial charge is 0.411 e. The molecule has 0 saturated carbocycles. The van der Waals surface area contributed by atoms with Gasteiger partial charge in [0.1, 0.15) is 5.82 Å². The number of benzene rings is 1. The van der Waals surface area contributed by atoms with E-state index in [-0.39, 0.29) is 10.6 Å². The van der Waals surface area contributed by atoms with Gasteiger partial charge in [-0.25, -0.2) is 4.39 Å². The lowest BCUT2D eigenvalue weighted by atomic mass is 10.2. The zero-order valence-corrected chi connectivity index (χ0v) is 11.7. The quantitative estimate of drug-likeness (QED) is 0.383. The molecule has 0 aliphatic carbocycles. The second kappa shape index (κ2) is 5.19. The zero-order chi connectivity index (χ0) is 12.3. The monoisotopic (exact) mass is 305 g/mol. The topological polar surface area (TPSA) is 32.6 Å². The molecule has 1 rings (SSSR count). The third-order valence-electron chi connectivity index (χ3n) is 1.64. The first-order chi connectivity index (χ1) is 7.33. The normalized spacial score (nSPS) is 12.3. The highest BCUT2D eigenvalue weighted by Crippen LogP contribution is 2.38.